The molecule has 2 heterocycles. The standard InChI is InChI=1S/C35H42N8O3/c1-20(37-19-31(44)43-27(18-36)15-26-16-30(26)43)17-35(34-38-21(2)39-40-34)28-11-9-24(32(45)41(3)4)13-22(28)7-8-23-14-25(10-12-29(23)35)33(46)42(5)6/h9-14,20,26-27,30,37H,7-8,15-17,19H2,1-6H3,(H,38,39,40)/t20-,26-,27+,30+/m1/s1. The Kier molecular flexibility index (Phi) is 8.19. The Hall–Kier alpha value is -4.56. The molecule has 1 saturated carbocycles. The van der Waals surface area contributed by atoms with Crippen molar-refractivity contribution in [3.63, 3.8) is 0 Å². The highest BCUT2D eigenvalue weighted by Crippen LogP contribution is 2.48. The number of aromatic amines is 1. The quantitative estimate of drug-likeness (QED) is 0.394. The van der Waals surface area contributed by atoms with E-state index in [-0.39, 0.29) is 42.4 Å². The van der Waals surface area contributed by atoms with E-state index in [1.54, 1.807) is 42.9 Å². The number of piperidine rings is 1. The number of aromatic nitrogens is 3. The molecule has 11 nitrogen and oxygen atoms in total. The molecule has 2 aliphatic carbocycles. The van der Waals surface area contributed by atoms with Crippen molar-refractivity contribution in [3.05, 3.63) is 81.4 Å². The first-order valence-corrected chi connectivity index (χ1v) is 16.0. The summed E-state index contributed by atoms with van der Waals surface area (Å²) in [7, 11) is 6.97. The van der Waals surface area contributed by atoms with Crippen LogP contribution in [0.3, 0.4) is 0 Å². The number of benzene rings is 2. The smallest absolute Gasteiger partial charge is 0.253 e. The van der Waals surface area contributed by atoms with Gasteiger partial charge < -0.3 is 20.0 Å². The third-order valence-electron chi connectivity index (χ3n) is 9.83. The minimum atomic E-state index is -0.856. The number of nitrogens with one attached hydrogen (secondary N) is 2. The van der Waals surface area contributed by atoms with Gasteiger partial charge in [0.15, 0.2) is 5.82 Å². The van der Waals surface area contributed by atoms with Crippen molar-refractivity contribution in [1.29, 1.82) is 5.26 Å². The second-order valence-electron chi connectivity index (χ2n) is 13.5. The third kappa shape index (κ3) is 5.45. The van der Waals surface area contributed by atoms with Crippen molar-refractivity contribution in [2.75, 3.05) is 34.7 Å². The molecule has 0 unspecified atom stereocenters. The van der Waals surface area contributed by atoms with Gasteiger partial charge in [-0.05, 0) is 98.4 Å². The summed E-state index contributed by atoms with van der Waals surface area (Å²) in [4.78, 5) is 49.3. The lowest BCUT2D eigenvalue weighted by Crippen LogP contribution is -2.46. The summed E-state index contributed by atoms with van der Waals surface area (Å²) in [6.07, 6.45) is 3.58. The number of nitriles is 1. The van der Waals surface area contributed by atoms with Gasteiger partial charge in [0.1, 0.15) is 11.9 Å². The second kappa shape index (κ2) is 12.0. The SMILES string of the molecule is Cc1nc(C2(C[C@@H](C)NCC(=O)N3[C@H](C#N)C[C@@H]4C[C@@H]43)c3ccc(C(=O)N(C)C)cc3CCc3cc(C(=O)N(C)C)ccc32)n[nH]1. The van der Waals surface area contributed by atoms with Crippen molar-refractivity contribution in [3.8, 4) is 6.07 Å². The van der Waals surface area contributed by atoms with E-state index in [2.05, 4.69) is 23.4 Å². The van der Waals surface area contributed by atoms with Crippen LogP contribution >= 0.6 is 0 Å². The molecule has 2 fully saturated rings. The van der Waals surface area contributed by atoms with Gasteiger partial charge in [0.25, 0.3) is 11.8 Å². The summed E-state index contributed by atoms with van der Waals surface area (Å²) in [5.41, 5.74) is 4.38. The molecule has 0 radical (unpaired) electrons. The second-order valence-corrected chi connectivity index (χ2v) is 13.5. The van der Waals surface area contributed by atoms with Gasteiger partial charge in [-0.25, -0.2) is 4.98 Å². The number of carbonyl (C=O) groups excluding carboxylic acids is 3. The molecule has 1 aliphatic heterocycles. The highest BCUT2D eigenvalue weighted by molar-refractivity contribution is 5.95. The van der Waals surface area contributed by atoms with E-state index in [4.69, 9.17) is 10.1 Å². The summed E-state index contributed by atoms with van der Waals surface area (Å²) in [6, 6.07) is 13.7. The molecule has 2 N–H and O–H groups in total. The van der Waals surface area contributed by atoms with Gasteiger partial charge in [-0.2, -0.15) is 10.4 Å². The van der Waals surface area contributed by atoms with Gasteiger partial charge in [-0.1, -0.05) is 12.1 Å². The minimum absolute atomic E-state index is 0.0495. The van der Waals surface area contributed by atoms with Gasteiger partial charge in [0, 0.05) is 51.4 Å². The van der Waals surface area contributed by atoms with E-state index >= 15 is 0 Å². The molecule has 3 aromatic rings. The van der Waals surface area contributed by atoms with Crippen LogP contribution in [-0.4, -0.2) is 100 Å². The lowest BCUT2D eigenvalue weighted by molar-refractivity contribution is -0.131. The van der Waals surface area contributed by atoms with Crippen LogP contribution < -0.4 is 5.32 Å². The number of rotatable bonds is 8. The maximum Gasteiger partial charge on any atom is 0.253 e. The maximum absolute atomic E-state index is 13.4. The Balaban J connectivity index is 1.44. The number of nitrogens with zero attached hydrogens (tertiary/aromatic N) is 6. The first kappa shape index (κ1) is 31.4. The zero-order valence-electron chi connectivity index (χ0n) is 27.4. The number of carbonyl (C=O) groups is 3. The predicted molar refractivity (Wildman–Crippen MR) is 172 cm³/mol. The Morgan fingerprint density at radius 3 is 2.11 bits per heavy atom. The third-order valence-corrected chi connectivity index (χ3v) is 9.83. The predicted octanol–water partition coefficient (Wildman–Crippen LogP) is 2.83. The Morgan fingerprint density at radius 1 is 1.02 bits per heavy atom. The molecule has 6 rings (SSSR count). The Bertz CT molecular complexity index is 1670. The molecule has 2 aromatic carbocycles. The molecule has 4 atom stereocenters. The maximum atomic E-state index is 13.4. The molecular formula is C35H42N8O3. The summed E-state index contributed by atoms with van der Waals surface area (Å²) >= 11 is 0. The highest BCUT2D eigenvalue weighted by atomic mass is 16.2. The summed E-state index contributed by atoms with van der Waals surface area (Å²) < 4.78 is 0. The monoisotopic (exact) mass is 622 g/mol. The number of hydrogen-bond donors (Lipinski definition) is 2. The lowest BCUT2D eigenvalue weighted by atomic mass is 9.67. The fourth-order valence-corrected chi connectivity index (χ4v) is 7.53. The first-order valence-electron chi connectivity index (χ1n) is 16.0. The lowest BCUT2D eigenvalue weighted by Gasteiger charge is -2.37. The molecule has 1 saturated heterocycles. The molecule has 1 aromatic heterocycles. The van der Waals surface area contributed by atoms with E-state index in [0.29, 0.717) is 48.0 Å². The highest BCUT2D eigenvalue weighted by Gasteiger charge is 2.54. The van der Waals surface area contributed by atoms with Crippen LogP contribution in [0.4, 0.5) is 0 Å². The van der Waals surface area contributed by atoms with Gasteiger partial charge in [0.05, 0.1) is 18.0 Å². The minimum Gasteiger partial charge on any atom is -0.345 e. The number of hydrogen-bond acceptors (Lipinski definition) is 7. The van der Waals surface area contributed by atoms with Gasteiger partial charge >= 0.3 is 0 Å². The van der Waals surface area contributed by atoms with Crippen molar-refractivity contribution in [2.24, 2.45) is 5.92 Å². The van der Waals surface area contributed by atoms with E-state index in [1.165, 1.54) is 0 Å². The van der Waals surface area contributed by atoms with Crippen molar-refractivity contribution < 1.29 is 14.4 Å². The van der Waals surface area contributed by atoms with Gasteiger partial charge in [-0.15, -0.1) is 0 Å². The first-order chi connectivity index (χ1) is 21.9. The average Bonchev–Trinajstić information content (AvgIpc) is 3.53. The summed E-state index contributed by atoms with van der Waals surface area (Å²) in [5.74, 6) is 1.52. The van der Waals surface area contributed by atoms with Crippen LogP contribution in [0, 0.1) is 24.2 Å². The number of aryl methyl sites for hydroxylation is 3. The molecule has 3 amide bonds. The van der Waals surface area contributed by atoms with Crippen molar-refractivity contribution >= 4 is 17.7 Å². The van der Waals surface area contributed by atoms with Crippen LogP contribution in [0.5, 0.6) is 0 Å². The Morgan fingerprint density at radius 2 is 1.61 bits per heavy atom. The van der Waals surface area contributed by atoms with Crippen LogP contribution in [-0.2, 0) is 23.1 Å². The van der Waals surface area contributed by atoms with Crippen LogP contribution in [0.2, 0.25) is 0 Å². The van der Waals surface area contributed by atoms with Crippen LogP contribution in [0.1, 0.15) is 80.8 Å². The summed E-state index contributed by atoms with van der Waals surface area (Å²) in [5, 5.41) is 20.9. The topological polar surface area (TPSA) is 138 Å². The fraction of sp³-hybridized carbons (Fsp3) is 0.486. The van der Waals surface area contributed by atoms with Gasteiger partial charge in [-0.3, -0.25) is 19.5 Å². The molecular weight excluding hydrogens is 580 g/mol. The molecule has 46 heavy (non-hydrogen) atoms. The van der Waals surface area contributed by atoms with E-state index < -0.39 is 5.41 Å². The number of likely N-dealkylation sites (tertiary alicyclic amines) is 1. The molecule has 0 spiro atoms. The molecule has 11 heteroatoms. The largest absolute Gasteiger partial charge is 0.345 e. The number of fused-ring (bicyclic) bond motifs is 3. The molecule has 3 aliphatic rings. The number of amides is 3. The molecule has 0 bridgehead atoms. The van der Waals surface area contributed by atoms with E-state index in [9.17, 15) is 19.6 Å². The van der Waals surface area contributed by atoms with E-state index in [0.717, 1.165) is 35.1 Å². The van der Waals surface area contributed by atoms with Crippen LogP contribution in [0.25, 0.3) is 0 Å². The van der Waals surface area contributed by atoms with E-state index in [1.807, 2.05) is 43.3 Å². The zero-order chi connectivity index (χ0) is 32.9. The number of H-pyrrole nitrogens is 1. The van der Waals surface area contributed by atoms with Crippen molar-refractivity contribution in [2.45, 2.75) is 69.5 Å². The fourth-order valence-electron chi connectivity index (χ4n) is 7.53. The van der Waals surface area contributed by atoms with Crippen molar-refractivity contribution in [1.82, 2.24) is 35.2 Å². The zero-order valence-corrected chi connectivity index (χ0v) is 27.4. The molecule has 240 valence electrons. The van der Waals surface area contributed by atoms with Gasteiger partial charge in [0.2, 0.25) is 5.91 Å². The summed E-state index contributed by atoms with van der Waals surface area (Å²) in [6.45, 7) is 4.05. The average molecular weight is 623 g/mol. The Labute approximate surface area is 270 Å². The van der Waals surface area contributed by atoms with Crippen LogP contribution in [0.15, 0.2) is 36.4 Å². The normalized spacial score (nSPS) is 21.2.